The van der Waals surface area contributed by atoms with E-state index in [1.807, 2.05) is 0 Å². The molecule has 0 aliphatic rings. The van der Waals surface area contributed by atoms with Crippen molar-refractivity contribution in [1.82, 2.24) is 0 Å². The number of hydrogen-bond acceptors (Lipinski definition) is 4. The SMILES string of the molecule is CS(=N)(=O)CC[C@H](N)P(=O)(O)O. The van der Waals surface area contributed by atoms with Gasteiger partial charge in [-0.15, -0.1) is 0 Å². The second-order valence-electron chi connectivity index (χ2n) is 2.65. The van der Waals surface area contributed by atoms with Crippen LogP contribution in [0.15, 0.2) is 0 Å². The maximum absolute atomic E-state index is 10.8. The van der Waals surface area contributed by atoms with Crippen LogP contribution in [-0.4, -0.2) is 31.8 Å². The topological polar surface area (TPSA) is 124 Å². The summed E-state index contributed by atoms with van der Waals surface area (Å²) in [5.74, 6) is -1.39. The molecule has 0 bridgehead atoms. The van der Waals surface area contributed by atoms with Gasteiger partial charge < -0.3 is 15.5 Å². The molecule has 0 amide bonds. The number of nitrogens with two attached hydrogens (primary N) is 1. The first-order chi connectivity index (χ1) is 5.13. The minimum absolute atomic E-state index is 0.0841. The Bertz CT molecular complexity index is 281. The Kier molecular flexibility index (Phi) is 3.87. The van der Waals surface area contributed by atoms with E-state index in [2.05, 4.69) is 0 Å². The van der Waals surface area contributed by atoms with Gasteiger partial charge in [0.05, 0.1) is 0 Å². The second-order valence-corrected chi connectivity index (χ2v) is 6.91. The monoisotopic (exact) mass is 216 g/mol. The molecule has 0 aliphatic carbocycles. The molecule has 0 heterocycles. The van der Waals surface area contributed by atoms with E-state index in [4.69, 9.17) is 20.3 Å². The summed E-state index contributed by atoms with van der Waals surface area (Å²) in [6.07, 6.45) is 1.11. The highest BCUT2D eigenvalue weighted by molar-refractivity contribution is 7.91. The van der Waals surface area contributed by atoms with E-state index in [0.29, 0.717) is 0 Å². The van der Waals surface area contributed by atoms with Gasteiger partial charge >= 0.3 is 7.60 Å². The number of nitrogens with one attached hydrogen (secondary N) is 1. The molecule has 0 saturated heterocycles. The fourth-order valence-corrected chi connectivity index (χ4v) is 1.86. The van der Waals surface area contributed by atoms with Crippen molar-refractivity contribution in [3.8, 4) is 0 Å². The lowest BCUT2D eigenvalue weighted by Gasteiger charge is -2.12. The Morgan fingerprint density at radius 2 is 2.08 bits per heavy atom. The third-order valence-electron chi connectivity index (χ3n) is 1.24. The lowest BCUT2D eigenvalue weighted by Crippen LogP contribution is -2.23. The maximum Gasteiger partial charge on any atom is 0.342 e. The minimum Gasteiger partial charge on any atom is -0.323 e. The van der Waals surface area contributed by atoms with Crippen LogP contribution < -0.4 is 5.73 Å². The van der Waals surface area contributed by atoms with Crippen molar-refractivity contribution in [3.05, 3.63) is 0 Å². The lowest BCUT2D eigenvalue weighted by molar-refractivity contribution is 0.357. The van der Waals surface area contributed by atoms with Gasteiger partial charge in [-0.25, -0.2) is 0 Å². The zero-order valence-electron chi connectivity index (χ0n) is 6.64. The van der Waals surface area contributed by atoms with E-state index >= 15 is 0 Å². The predicted octanol–water partition coefficient (Wildman–Crippen LogP) is -0.484. The molecule has 0 aromatic heterocycles. The fraction of sp³-hybridized carbons (Fsp3) is 1.00. The van der Waals surface area contributed by atoms with Crippen LogP contribution in [0, 0.1) is 4.78 Å². The molecule has 8 heteroatoms. The maximum atomic E-state index is 10.8. The van der Waals surface area contributed by atoms with Gasteiger partial charge in [0, 0.05) is 21.7 Å². The molecule has 0 aliphatic heterocycles. The van der Waals surface area contributed by atoms with Crippen LogP contribution in [0.25, 0.3) is 0 Å². The van der Waals surface area contributed by atoms with Crippen LogP contribution in [0.2, 0.25) is 0 Å². The van der Waals surface area contributed by atoms with Gasteiger partial charge in [0.1, 0.15) is 5.78 Å². The molecule has 2 atom stereocenters. The highest BCUT2D eigenvalue weighted by Crippen LogP contribution is 2.39. The molecule has 0 saturated carbocycles. The molecule has 1 unspecified atom stereocenters. The highest BCUT2D eigenvalue weighted by atomic mass is 32.2. The Morgan fingerprint density at radius 1 is 1.67 bits per heavy atom. The molecule has 0 radical (unpaired) electrons. The summed E-state index contributed by atoms with van der Waals surface area (Å²) in [7, 11) is -6.98. The van der Waals surface area contributed by atoms with Gasteiger partial charge in [-0.1, -0.05) is 0 Å². The molecule has 0 aromatic carbocycles. The normalized spacial score (nSPS) is 20.0. The Labute approximate surface area is 71.3 Å². The van der Waals surface area contributed by atoms with Crippen molar-refractivity contribution in [2.45, 2.75) is 12.2 Å². The van der Waals surface area contributed by atoms with E-state index in [0.717, 1.165) is 0 Å². The minimum atomic E-state index is -4.27. The first-order valence-corrected chi connectivity index (χ1v) is 6.97. The van der Waals surface area contributed by atoms with Crippen molar-refractivity contribution >= 4 is 17.3 Å². The standard InChI is InChI=1S/C4H13N2O4PS/c1-12(6,10)3-2-4(5)11(7,8)9/h4,6H,2-3,5H2,1H3,(H2,7,8,9)/t4-,12?/m1/s1. The van der Waals surface area contributed by atoms with Crippen LogP contribution in [-0.2, 0) is 14.3 Å². The molecular weight excluding hydrogens is 203 g/mol. The zero-order chi connectivity index (χ0) is 9.99. The molecule has 6 nitrogen and oxygen atoms in total. The van der Waals surface area contributed by atoms with E-state index in [1.54, 1.807) is 0 Å². The van der Waals surface area contributed by atoms with Gasteiger partial charge in [0.2, 0.25) is 0 Å². The molecule has 12 heavy (non-hydrogen) atoms. The third-order valence-corrected chi connectivity index (χ3v) is 3.37. The summed E-state index contributed by atoms with van der Waals surface area (Å²) in [6, 6.07) is 0. The van der Waals surface area contributed by atoms with Gasteiger partial charge in [0.15, 0.2) is 0 Å². The van der Waals surface area contributed by atoms with Crippen LogP contribution in [0.3, 0.4) is 0 Å². The molecule has 5 N–H and O–H groups in total. The Balaban J connectivity index is 4.06. The highest BCUT2D eigenvalue weighted by Gasteiger charge is 2.24. The molecule has 0 aromatic rings. The zero-order valence-corrected chi connectivity index (χ0v) is 8.35. The summed E-state index contributed by atoms with van der Waals surface area (Å²) in [6.45, 7) is 0. The molecule has 74 valence electrons. The van der Waals surface area contributed by atoms with Crippen LogP contribution in [0.1, 0.15) is 6.42 Å². The smallest absolute Gasteiger partial charge is 0.323 e. The summed E-state index contributed by atoms with van der Waals surface area (Å²) in [5, 5.41) is 0. The van der Waals surface area contributed by atoms with Crippen molar-refractivity contribution in [2.75, 3.05) is 12.0 Å². The predicted molar refractivity (Wildman–Crippen MR) is 46.3 cm³/mol. The molecular formula is C4H13N2O4PS. The fourth-order valence-electron chi connectivity index (χ4n) is 0.514. The lowest BCUT2D eigenvalue weighted by atomic mass is 10.5. The molecule has 0 fully saturated rings. The quantitative estimate of drug-likeness (QED) is 0.472. The Hall–Kier alpha value is 0.0600. The molecule has 0 spiro atoms. The average molecular weight is 216 g/mol. The van der Waals surface area contributed by atoms with E-state index in [-0.39, 0.29) is 12.2 Å². The van der Waals surface area contributed by atoms with E-state index in [1.165, 1.54) is 6.26 Å². The summed E-state index contributed by atoms with van der Waals surface area (Å²) >= 11 is 0. The summed E-state index contributed by atoms with van der Waals surface area (Å²) < 4.78 is 28.2. The van der Waals surface area contributed by atoms with Gasteiger partial charge in [-0.2, -0.15) is 0 Å². The van der Waals surface area contributed by atoms with Crippen LogP contribution >= 0.6 is 7.60 Å². The first kappa shape index (κ1) is 12.1. The van der Waals surface area contributed by atoms with E-state index < -0.39 is 23.1 Å². The van der Waals surface area contributed by atoms with Crippen LogP contribution in [0.5, 0.6) is 0 Å². The summed E-state index contributed by atoms with van der Waals surface area (Å²) in [5.41, 5.74) is 5.09. The van der Waals surface area contributed by atoms with Gasteiger partial charge in [-0.3, -0.25) is 13.6 Å². The molecule has 0 rings (SSSR count). The number of rotatable bonds is 4. The van der Waals surface area contributed by atoms with Gasteiger partial charge in [-0.05, 0) is 6.42 Å². The Morgan fingerprint density at radius 3 is 2.33 bits per heavy atom. The van der Waals surface area contributed by atoms with Crippen molar-refractivity contribution in [2.24, 2.45) is 5.73 Å². The van der Waals surface area contributed by atoms with Crippen LogP contribution in [0.4, 0.5) is 0 Å². The van der Waals surface area contributed by atoms with E-state index in [9.17, 15) is 8.77 Å². The third kappa shape index (κ3) is 5.68. The van der Waals surface area contributed by atoms with Crippen molar-refractivity contribution in [3.63, 3.8) is 0 Å². The summed E-state index contributed by atoms with van der Waals surface area (Å²) in [4.78, 5) is 17.0. The first-order valence-electron chi connectivity index (χ1n) is 3.15. The average Bonchev–Trinajstić information content (AvgIpc) is 1.78. The second kappa shape index (κ2) is 3.85. The van der Waals surface area contributed by atoms with Crippen molar-refractivity contribution in [1.29, 1.82) is 4.78 Å². The van der Waals surface area contributed by atoms with Gasteiger partial charge in [0.25, 0.3) is 0 Å². The number of hydrogen-bond donors (Lipinski definition) is 4. The van der Waals surface area contributed by atoms with Crippen molar-refractivity contribution < 1.29 is 18.6 Å². The largest absolute Gasteiger partial charge is 0.342 e.